The number of hydrogen-bond acceptors (Lipinski definition) is 4. The Kier molecular flexibility index (Phi) is 7.16. The maximum atomic E-state index is 12.6. The Balaban J connectivity index is 1.70. The van der Waals surface area contributed by atoms with Crippen LogP contribution in [0.15, 0.2) is 66.0 Å². The minimum Gasteiger partial charge on any atom is -0.462 e. The number of benzene rings is 2. The van der Waals surface area contributed by atoms with E-state index in [0.717, 1.165) is 5.56 Å². The third kappa shape index (κ3) is 5.53. The van der Waals surface area contributed by atoms with Crippen molar-refractivity contribution in [2.75, 3.05) is 18.5 Å². The van der Waals surface area contributed by atoms with Gasteiger partial charge < -0.3 is 15.4 Å². The summed E-state index contributed by atoms with van der Waals surface area (Å²) in [6, 6.07) is 19.4. The van der Waals surface area contributed by atoms with Gasteiger partial charge in [-0.15, -0.1) is 11.3 Å². The van der Waals surface area contributed by atoms with Crippen LogP contribution in [-0.2, 0) is 9.53 Å². The van der Waals surface area contributed by atoms with Crippen molar-refractivity contribution in [3.05, 3.63) is 87.6 Å². The first-order chi connectivity index (χ1) is 14.1. The SMILES string of the molecule is CCOC(=O)c1ccccc1NC(=O)C[NH2+][C@H](c1ccc(C)cc1)c1cccs1. The molecule has 150 valence electrons. The maximum Gasteiger partial charge on any atom is 0.340 e. The van der Waals surface area contributed by atoms with Gasteiger partial charge in [0.25, 0.3) is 5.91 Å². The minimum atomic E-state index is -0.441. The lowest BCUT2D eigenvalue weighted by Gasteiger charge is -2.15. The van der Waals surface area contributed by atoms with Gasteiger partial charge in [-0.2, -0.15) is 0 Å². The normalized spacial score (nSPS) is 11.7. The van der Waals surface area contributed by atoms with Crippen molar-refractivity contribution in [2.24, 2.45) is 0 Å². The highest BCUT2D eigenvalue weighted by Gasteiger charge is 2.21. The van der Waals surface area contributed by atoms with Gasteiger partial charge in [0.05, 0.1) is 22.7 Å². The number of quaternary nitrogens is 1. The highest BCUT2D eigenvalue weighted by molar-refractivity contribution is 7.10. The van der Waals surface area contributed by atoms with E-state index >= 15 is 0 Å². The van der Waals surface area contributed by atoms with Crippen LogP contribution in [0.4, 0.5) is 5.69 Å². The fourth-order valence-electron chi connectivity index (χ4n) is 3.06. The first kappa shape index (κ1) is 20.8. The zero-order chi connectivity index (χ0) is 20.6. The van der Waals surface area contributed by atoms with Crippen molar-refractivity contribution in [3.63, 3.8) is 0 Å². The van der Waals surface area contributed by atoms with Gasteiger partial charge in [-0.1, -0.05) is 48.0 Å². The summed E-state index contributed by atoms with van der Waals surface area (Å²) >= 11 is 1.67. The predicted molar refractivity (Wildman–Crippen MR) is 115 cm³/mol. The fraction of sp³-hybridized carbons (Fsp3) is 0.217. The van der Waals surface area contributed by atoms with Crippen LogP contribution in [0, 0.1) is 6.92 Å². The van der Waals surface area contributed by atoms with Gasteiger partial charge in [0, 0.05) is 5.56 Å². The van der Waals surface area contributed by atoms with Gasteiger partial charge in [0.15, 0.2) is 6.54 Å². The number of esters is 1. The van der Waals surface area contributed by atoms with Crippen LogP contribution in [0.2, 0.25) is 0 Å². The first-order valence-corrected chi connectivity index (χ1v) is 10.5. The Hall–Kier alpha value is -2.96. The summed E-state index contributed by atoms with van der Waals surface area (Å²) in [6.45, 7) is 4.33. The number of hydrogen-bond donors (Lipinski definition) is 2. The molecule has 0 spiro atoms. The number of thiophene rings is 1. The number of carbonyl (C=O) groups excluding carboxylic acids is 2. The third-order valence-corrected chi connectivity index (χ3v) is 5.48. The third-order valence-electron chi connectivity index (χ3n) is 4.52. The molecule has 0 saturated heterocycles. The number of nitrogens with two attached hydrogens (primary N) is 1. The van der Waals surface area contributed by atoms with E-state index in [1.807, 2.05) is 16.8 Å². The summed E-state index contributed by atoms with van der Waals surface area (Å²) in [6.07, 6.45) is 0. The standard InChI is InChI=1S/C23H24N2O3S/c1-3-28-23(27)18-7-4-5-8-19(18)25-21(26)15-24-22(20-9-6-14-29-20)17-12-10-16(2)11-13-17/h4-14,22,24H,3,15H2,1-2H3,(H,25,26)/p+1/t22-/m1/s1. The molecule has 0 radical (unpaired) electrons. The van der Waals surface area contributed by atoms with Crippen molar-refractivity contribution < 1.29 is 19.6 Å². The average Bonchev–Trinajstić information content (AvgIpc) is 3.24. The van der Waals surface area contributed by atoms with Crippen LogP contribution in [0.3, 0.4) is 0 Å². The van der Waals surface area contributed by atoms with Crippen LogP contribution in [0.25, 0.3) is 0 Å². The second-order valence-corrected chi connectivity index (χ2v) is 7.64. The van der Waals surface area contributed by atoms with Crippen LogP contribution >= 0.6 is 11.3 Å². The minimum absolute atomic E-state index is 0.0432. The molecule has 0 saturated carbocycles. The van der Waals surface area contributed by atoms with Gasteiger partial charge in [0.1, 0.15) is 6.04 Å². The molecule has 1 heterocycles. The van der Waals surface area contributed by atoms with E-state index in [1.165, 1.54) is 10.4 Å². The molecule has 1 aromatic heterocycles. The van der Waals surface area contributed by atoms with E-state index in [2.05, 4.69) is 42.6 Å². The Morgan fingerprint density at radius 2 is 1.83 bits per heavy atom. The molecule has 29 heavy (non-hydrogen) atoms. The van der Waals surface area contributed by atoms with Crippen LogP contribution in [-0.4, -0.2) is 25.0 Å². The molecule has 0 aliphatic carbocycles. The largest absolute Gasteiger partial charge is 0.462 e. The van der Waals surface area contributed by atoms with Crippen molar-refractivity contribution in [1.29, 1.82) is 0 Å². The molecule has 0 aliphatic rings. The molecule has 0 aliphatic heterocycles. The summed E-state index contributed by atoms with van der Waals surface area (Å²) in [5.74, 6) is -0.612. The highest BCUT2D eigenvalue weighted by Crippen LogP contribution is 2.23. The lowest BCUT2D eigenvalue weighted by atomic mass is 10.0. The molecule has 2 aromatic carbocycles. The Bertz CT molecular complexity index is 953. The zero-order valence-corrected chi connectivity index (χ0v) is 17.4. The monoisotopic (exact) mass is 409 g/mol. The fourth-order valence-corrected chi connectivity index (χ4v) is 3.91. The number of anilines is 1. The maximum absolute atomic E-state index is 12.6. The molecule has 3 rings (SSSR count). The number of carbonyl (C=O) groups is 2. The summed E-state index contributed by atoms with van der Waals surface area (Å²) in [5, 5.41) is 6.90. The van der Waals surface area contributed by atoms with E-state index in [9.17, 15) is 9.59 Å². The number of ether oxygens (including phenoxy) is 1. The number of aryl methyl sites for hydroxylation is 1. The lowest BCUT2D eigenvalue weighted by molar-refractivity contribution is -0.675. The quantitative estimate of drug-likeness (QED) is 0.559. The zero-order valence-electron chi connectivity index (χ0n) is 16.6. The summed E-state index contributed by atoms with van der Waals surface area (Å²) in [7, 11) is 0. The smallest absolute Gasteiger partial charge is 0.340 e. The molecule has 3 N–H and O–H groups in total. The van der Waals surface area contributed by atoms with Gasteiger partial charge in [-0.05, 0) is 37.4 Å². The Morgan fingerprint density at radius 1 is 1.07 bits per heavy atom. The molecule has 0 fully saturated rings. The second kappa shape index (κ2) is 10.0. The van der Waals surface area contributed by atoms with Gasteiger partial charge in [0.2, 0.25) is 0 Å². The molecule has 6 heteroatoms. The van der Waals surface area contributed by atoms with Gasteiger partial charge >= 0.3 is 5.97 Å². The van der Waals surface area contributed by atoms with Gasteiger partial charge in [-0.25, -0.2) is 4.79 Å². The van der Waals surface area contributed by atoms with E-state index in [4.69, 9.17) is 4.74 Å². The van der Waals surface area contributed by atoms with Crippen LogP contribution < -0.4 is 10.6 Å². The van der Waals surface area contributed by atoms with E-state index in [0.29, 0.717) is 11.3 Å². The number of nitrogens with one attached hydrogen (secondary N) is 1. The molecule has 1 atom stereocenters. The summed E-state index contributed by atoms with van der Waals surface area (Å²) in [4.78, 5) is 25.9. The first-order valence-electron chi connectivity index (χ1n) is 9.57. The van der Waals surface area contributed by atoms with Crippen molar-refractivity contribution in [1.82, 2.24) is 0 Å². The van der Waals surface area contributed by atoms with E-state index in [-0.39, 0.29) is 25.1 Å². The molecule has 3 aromatic rings. The van der Waals surface area contributed by atoms with Crippen molar-refractivity contribution in [3.8, 4) is 0 Å². The number of para-hydroxylation sites is 1. The second-order valence-electron chi connectivity index (χ2n) is 6.66. The lowest BCUT2D eigenvalue weighted by Crippen LogP contribution is -2.87. The van der Waals surface area contributed by atoms with Crippen molar-refractivity contribution >= 4 is 28.9 Å². The predicted octanol–water partition coefficient (Wildman–Crippen LogP) is 3.52. The highest BCUT2D eigenvalue weighted by atomic mass is 32.1. The topological polar surface area (TPSA) is 72.0 Å². The Morgan fingerprint density at radius 3 is 2.52 bits per heavy atom. The molecular weight excluding hydrogens is 384 g/mol. The van der Waals surface area contributed by atoms with Crippen molar-refractivity contribution in [2.45, 2.75) is 19.9 Å². The summed E-state index contributed by atoms with van der Waals surface area (Å²) < 4.78 is 5.07. The average molecular weight is 410 g/mol. The molecule has 0 bridgehead atoms. The van der Waals surface area contributed by atoms with E-state index in [1.54, 1.807) is 42.5 Å². The molecule has 1 amide bonds. The Labute approximate surface area is 174 Å². The van der Waals surface area contributed by atoms with Gasteiger partial charge in [-0.3, -0.25) is 4.79 Å². The molecule has 0 unspecified atom stereocenters. The van der Waals surface area contributed by atoms with E-state index < -0.39 is 5.97 Å². The molecule has 5 nitrogen and oxygen atoms in total. The van der Waals surface area contributed by atoms with Crippen LogP contribution in [0.1, 0.15) is 39.3 Å². The number of rotatable bonds is 8. The van der Waals surface area contributed by atoms with Crippen LogP contribution in [0.5, 0.6) is 0 Å². The summed E-state index contributed by atoms with van der Waals surface area (Å²) in [5.41, 5.74) is 3.17. The molecular formula is C23H25N2O3S+. The number of amides is 1.